The molecule has 1 unspecified atom stereocenters. The lowest BCUT2D eigenvalue weighted by Gasteiger charge is -2.34. The van der Waals surface area contributed by atoms with Crippen LogP contribution in [0, 0.1) is 11.3 Å². The van der Waals surface area contributed by atoms with Crippen molar-refractivity contribution < 1.29 is 19.8 Å². The minimum absolute atomic E-state index is 0.248. The van der Waals surface area contributed by atoms with E-state index >= 15 is 0 Å². The molecule has 2 N–H and O–H groups in total. The van der Waals surface area contributed by atoms with Crippen LogP contribution < -0.4 is 0 Å². The van der Waals surface area contributed by atoms with Gasteiger partial charge in [-0.3, -0.25) is 9.59 Å². The molecule has 0 saturated carbocycles. The molecular weight excluding hydrogens is 292 g/mol. The molecule has 0 heterocycles. The highest BCUT2D eigenvalue weighted by molar-refractivity contribution is 5.98. The summed E-state index contributed by atoms with van der Waals surface area (Å²) in [5.41, 5.74) is -1.60. The van der Waals surface area contributed by atoms with Crippen LogP contribution in [0.4, 0.5) is 0 Å². The Balaban J connectivity index is 5.11. The maximum Gasteiger partial charge on any atom is 0.321 e. The Labute approximate surface area is 141 Å². The molecule has 0 saturated heterocycles. The van der Waals surface area contributed by atoms with Gasteiger partial charge >= 0.3 is 11.9 Å². The lowest BCUT2D eigenvalue weighted by molar-refractivity contribution is -0.171. The number of carboxylic acid groups (broad SMARTS) is 2. The number of rotatable bonds is 15. The summed E-state index contributed by atoms with van der Waals surface area (Å²) in [7, 11) is 0. The van der Waals surface area contributed by atoms with E-state index in [1.807, 2.05) is 6.92 Å². The molecule has 0 aromatic carbocycles. The van der Waals surface area contributed by atoms with Crippen molar-refractivity contribution in [2.24, 2.45) is 11.3 Å². The van der Waals surface area contributed by atoms with Crippen molar-refractivity contribution in [1.29, 1.82) is 0 Å². The van der Waals surface area contributed by atoms with E-state index in [0.29, 0.717) is 19.3 Å². The van der Waals surface area contributed by atoms with Crippen molar-refractivity contribution >= 4 is 11.9 Å². The molecule has 0 fully saturated rings. The lowest BCUT2D eigenvalue weighted by Crippen LogP contribution is -2.46. The van der Waals surface area contributed by atoms with Gasteiger partial charge in [0.25, 0.3) is 0 Å². The highest BCUT2D eigenvalue weighted by atomic mass is 16.4. The first-order chi connectivity index (χ1) is 11.0. The van der Waals surface area contributed by atoms with E-state index in [4.69, 9.17) is 0 Å². The first kappa shape index (κ1) is 21.9. The first-order valence-electron chi connectivity index (χ1n) is 9.44. The van der Waals surface area contributed by atoms with Gasteiger partial charge in [0.05, 0.1) is 0 Å². The molecule has 1 atom stereocenters. The molecular formula is C19H36O4. The van der Waals surface area contributed by atoms with Crippen LogP contribution in [0.1, 0.15) is 97.8 Å². The fourth-order valence-electron chi connectivity index (χ4n) is 3.40. The van der Waals surface area contributed by atoms with Crippen LogP contribution in [0.2, 0.25) is 0 Å². The number of hydrogen-bond acceptors (Lipinski definition) is 2. The van der Waals surface area contributed by atoms with Crippen molar-refractivity contribution in [3.05, 3.63) is 0 Å². The average Bonchev–Trinajstić information content (AvgIpc) is 2.51. The van der Waals surface area contributed by atoms with Crippen LogP contribution in [0.5, 0.6) is 0 Å². The van der Waals surface area contributed by atoms with E-state index in [2.05, 4.69) is 13.8 Å². The molecule has 0 bridgehead atoms. The quantitative estimate of drug-likeness (QED) is 0.307. The van der Waals surface area contributed by atoms with E-state index in [1.54, 1.807) is 0 Å². The lowest BCUT2D eigenvalue weighted by atomic mass is 9.68. The molecule has 0 aliphatic heterocycles. The normalized spacial score (nSPS) is 13.0. The molecule has 4 nitrogen and oxygen atoms in total. The van der Waals surface area contributed by atoms with E-state index in [0.717, 1.165) is 38.5 Å². The second kappa shape index (κ2) is 12.4. The van der Waals surface area contributed by atoms with Crippen molar-refractivity contribution in [2.45, 2.75) is 97.8 Å². The van der Waals surface area contributed by atoms with Crippen molar-refractivity contribution in [2.75, 3.05) is 0 Å². The summed E-state index contributed by atoms with van der Waals surface area (Å²) in [6, 6.07) is 0. The van der Waals surface area contributed by atoms with Gasteiger partial charge in [-0.2, -0.15) is 0 Å². The molecule has 0 aromatic rings. The maximum absolute atomic E-state index is 11.9. The SMILES string of the molecule is CCCCCCCC(CCCC)C(CCCC)(C(=O)O)C(=O)O. The molecule has 136 valence electrons. The Bertz CT molecular complexity index is 324. The predicted octanol–water partition coefficient (Wildman–Crippen LogP) is 5.50. The van der Waals surface area contributed by atoms with Gasteiger partial charge in [0.15, 0.2) is 5.41 Å². The average molecular weight is 328 g/mol. The van der Waals surface area contributed by atoms with E-state index in [9.17, 15) is 19.8 Å². The summed E-state index contributed by atoms with van der Waals surface area (Å²) in [6.07, 6.45) is 10.5. The molecule has 0 aromatic heterocycles. The molecule has 0 rings (SSSR count). The first-order valence-corrected chi connectivity index (χ1v) is 9.44. The standard InChI is InChI=1S/C19H36O4/c1-4-7-10-11-12-14-16(13-8-5-2)19(17(20)21,18(22)23)15-9-6-3/h16H,4-15H2,1-3H3,(H,20,21)(H,22,23). The molecule has 0 aliphatic rings. The van der Waals surface area contributed by atoms with Gasteiger partial charge < -0.3 is 10.2 Å². The van der Waals surface area contributed by atoms with Gasteiger partial charge in [0.1, 0.15) is 0 Å². The molecule has 4 heteroatoms. The summed E-state index contributed by atoms with van der Waals surface area (Å²) >= 11 is 0. The molecule has 0 amide bonds. The Morgan fingerprint density at radius 3 is 1.70 bits per heavy atom. The van der Waals surface area contributed by atoms with Gasteiger partial charge in [0, 0.05) is 0 Å². The van der Waals surface area contributed by atoms with Gasteiger partial charge in [-0.15, -0.1) is 0 Å². The Morgan fingerprint density at radius 1 is 0.739 bits per heavy atom. The number of aliphatic carboxylic acids is 2. The largest absolute Gasteiger partial charge is 0.480 e. The van der Waals surface area contributed by atoms with Crippen LogP contribution in [-0.4, -0.2) is 22.2 Å². The predicted molar refractivity (Wildman–Crippen MR) is 93.6 cm³/mol. The van der Waals surface area contributed by atoms with Crippen molar-refractivity contribution in [1.82, 2.24) is 0 Å². The Morgan fingerprint density at radius 2 is 1.22 bits per heavy atom. The fourth-order valence-corrected chi connectivity index (χ4v) is 3.40. The topological polar surface area (TPSA) is 74.6 Å². The number of unbranched alkanes of at least 4 members (excludes halogenated alkanes) is 6. The van der Waals surface area contributed by atoms with E-state index < -0.39 is 17.4 Å². The zero-order chi connectivity index (χ0) is 17.7. The third-order valence-corrected chi connectivity index (χ3v) is 4.95. The zero-order valence-electron chi connectivity index (χ0n) is 15.3. The monoisotopic (exact) mass is 328 g/mol. The number of hydrogen-bond donors (Lipinski definition) is 2. The summed E-state index contributed by atoms with van der Waals surface area (Å²) in [5.74, 6) is -2.55. The van der Waals surface area contributed by atoms with Crippen molar-refractivity contribution in [3.63, 3.8) is 0 Å². The van der Waals surface area contributed by atoms with Crippen LogP contribution in [-0.2, 0) is 9.59 Å². The van der Waals surface area contributed by atoms with E-state index in [-0.39, 0.29) is 12.3 Å². The Kier molecular flexibility index (Phi) is 11.8. The molecule has 0 spiro atoms. The molecule has 23 heavy (non-hydrogen) atoms. The highest BCUT2D eigenvalue weighted by Crippen LogP contribution is 2.41. The summed E-state index contributed by atoms with van der Waals surface area (Å²) in [4.78, 5) is 23.9. The maximum atomic E-state index is 11.9. The second-order valence-electron chi connectivity index (χ2n) is 6.73. The van der Waals surface area contributed by atoms with Gasteiger partial charge in [0.2, 0.25) is 0 Å². The van der Waals surface area contributed by atoms with Gasteiger partial charge in [-0.25, -0.2) is 0 Å². The van der Waals surface area contributed by atoms with Gasteiger partial charge in [-0.05, 0) is 25.2 Å². The Hall–Kier alpha value is -1.06. The molecule has 0 radical (unpaired) electrons. The van der Waals surface area contributed by atoms with Crippen LogP contribution in [0.3, 0.4) is 0 Å². The van der Waals surface area contributed by atoms with E-state index in [1.165, 1.54) is 12.8 Å². The molecule has 0 aliphatic carbocycles. The second-order valence-corrected chi connectivity index (χ2v) is 6.73. The summed E-state index contributed by atoms with van der Waals surface area (Å²) < 4.78 is 0. The van der Waals surface area contributed by atoms with Crippen LogP contribution >= 0.6 is 0 Å². The number of carboxylic acids is 2. The van der Waals surface area contributed by atoms with Crippen molar-refractivity contribution in [3.8, 4) is 0 Å². The minimum Gasteiger partial charge on any atom is -0.480 e. The zero-order valence-corrected chi connectivity index (χ0v) is 15.3. The van der Waals surface area contributed by atoms with Crippen LogP contribution in [0.15, 0.2) is 0 Å². The minimum atomic E-state index is -1.60. The summed E-state index contributed by atoms with van der Waals surface area (Å²) in [5, 5.41) is 19.5. The number of carbonyl (C=O) groups is 2. The highest BCUT2D eigenvalue weighted by Gasteiger charge is 2.51. The smallest absolute Gasteiger partial charge is 0.321 e. The van der Waals surface area contributed by atoms with Gasteiger partial charge in [-0.1, -0.05) is 78.6 Å². The fraction of sp³-hybridized carbons (Fsp3) is 0.895. The third kappa shape index (κ3) is 6.92. The summed E-state index contributed by atoms with van der Waals surface area (Å²) in [6.45, 7) is 6.20. The van der Waals surface area contributed by atoms with Crippen LogP contribution in [0.25, 0.3) is 0 Å². The third-order valence-electron chi connectivity index (χ3n) is 4.95.